The number of aliphatic hydroxyl groups is 2. The molecule has 1 heterocycles. The van der Waals surface area contributed by atoms with Gasteiger partial charge in [-0.3, -0.25) is 0 Å². The lowest BCUT2D eigenvalue weighted by Gasteiger charge is -2.60. The number of carbonyl (C=O) groups excluding carboxylic acids is 1. The molecule has 3 rings (SSSR count). The minimum absolute atomic E-state index is 0.0942. The number of aliphatic hydroxyl groups excluding tert-OH is 1. The topological polar surface area (TPSA) is 76.0 Å². The van der Waals surface area contributed by atoms with Crippen LogP contribution in [0, 0.1) is 11.3 Å². The average Bonchev–Trinajstić information content (AvgIpc) is 2.67. The van der Waals surface area contributed by atoms with Crippen molar-refractivity contribution in [3.8, 4) is 0 Å². The third-order valence-corrected chi connectivity index (χ3v) is 6.35. The summed E-state index contributed by atoms with van der Waals surface area (Å²) in [6.07, 6.45) is 1.19. The van der Waals surface area contributed by atoms with Gasteiger partial charge in [-0.05, 0) is 32.1 Å². The highest BCUT2D eigenvalue weighted by Crippen LogP contribution is 2.62. The van der Waals surface area contributed by atoms with E-state index in [4.69, 9.17) is 9.47 Å². The molecule has 0 aromatic heterocycles. The average molecular weight is 296 g/mol. The van der Waals surface area contributed by atoms with Crippen LogP contribution in [0.15, 0.2) is 11.1 Å². The summed E-state index contributed by atoms with van der Waals surface area (Å²) in [6.45, 7) is 5.85. The van der Waals surface area contributed by atoms with Crippen molar-refractivity contribution in [1.29, 1.82) is 0 Å². The van der Waals surface area contributed by atoms with Crippen LogP contribution in [-0.2, 0) is 14.3 Å². The fraction of sp³-hybridized carbons (Fsp3) is 0.812. The second-order valence-corrected chi connectivity index (χ2v) is 7.14. The molecule has 0 amide bonds. The van der Waals surface area contributed by atoms with Crippen molar-refractivity contribution in [3.05, 3.63) is 11.1 Å². The molecule has 0 radical (unpaired) electrons. The number of rotatable bonds is 1. The Hall–Kier alpha value is -0.910. The Balaban J connectivity index is 2.14. The van der Waals surface area contributed by atoms with Gasteiger partial charge in [0.1, 0.15) is 5.60 Å². The van der Waals surface area contributed by atoms with E-state index in [-0.39, 0.29) is 18.3 Å². The molecule has 5 unspecified atom stereocenters. The molecule has 0 saturated heterocycles. The van der Waals surface area contributed by atoms with Gasteiger partial charge in [0.25, 0.3) is 0 Å². The summed E-state index contributed by atoms with van der Waals surface area (Å²) in [4.78, 5) is 12.0. The number of hydrogen-bond donors (Lipinski definition) is 2. The highest BCUT2D eigenvalue weighted by atomic mass is 16.7. The number of hydrogen-bond acceptors (Lipinski definition) is 5. The van der Waals surface area contributed by atoms with Gasteiger partial charge in [-0.25, -0.2) is 4.79 Å². The van der Waals surface area contributed by atoms with Crippen LogP contribution >= 0.6 is 0 Å². The maximum atomic E-state index is 12.0. The summed E-state index contributed by atoms with van der Waals surface area (Å²) in [7, 11) is 1.48. The number of methoxy groups -OCH3 is 1. The highest BCUT2D eigenvalue weighted by Gasteiger charge is 2.67. The monoisotopic (exact) mass is 296 g/mol. The third kappa shape index (κ3) is 1.65. The second kappa shape index (κ2) is 4.31. The van der Waals surface area contributed by atoms with Crippen molar-refractivity contribution >= 4 is 5.97 Å². The van der Waals surface area contributed by atoms with E-state index in [1.54, 1.807) is 6.92 Å². The summed E-state index contributed by atoms with van der Waals surface area (Å²) in [5.41, 5.74) is -0.401. The van der Waals surface area contributed by atoms with Gasteiger partial charge >= 0.3 is 5.97 Å². The molecule has 0 bridgehead atoms. The predicted octanol–water partition coefficient (Wildman–Crippen LogP) is 1.52. The Bertz CT molecular complexity index is 527. The van der Waals surface area contributed by atoms with Gasteiger partial charge in [-0.2, -0.15) is 0 Å². The second-order valence-electron chi connectivity index (χ2n) is 7.14. The van der Waals surface area contributed by atoms with Crippen LogP contribution in [0.3, 0.4) is 0 Å². The van der Waals surface area contributed by atoms with Crippen LogP contribution in [-0.4, -0.2) is 40.8 Å². The predicted molar refractivity (Wildman–Crippen MR) is 75.2 cm³/mol. The Kier molecular flexibility index (Phi) is 3.08. The lowest BCUT2D eigenvalue weighted by Crippen LogP contribution is -2.67. The molecule has 3 aliphatic rings. The van der Waals surface area contributed by atoms with E-state index in [1.165, 1.54) is 7.11 Å². The Labute approximate surface area is 124 Å². The molecular weight excluding hydrogens is 272 g/mol. The first-order valence-electron chi connectivity index (χ1n) is 7.59. The van der Waals surface area contributed by atoms with Crippen molar-refractivity contribution in [2.24, 2.45) is 11.3 Å². The van der Waals surface area contributed by atoms with Crippen molar-refractivity contribution in [3.63, 3.8) is 0 Å². The summed E-state index contributed by atoms with van der Waals surface area (Å²) in [6, 6.07) is 0. The van der Waals surface area contributed by atoms with E-state index in [2.05, 4.69) is 6.92 Å². The zero-order valence-electron chi connectivity index (χ0n) is 13.1. The molecule has 118 valence electrons. The number of ether oxygens (including phenoxy) is 2. The summed E-state index contributed by atoms with van der Waals surface area (Å²) < 4.78 is 11.0. The normalized spacial score (nSPS) is 49.7. The molecule has 2 fully saturated rings. The van der Waals surface area contributed by atoms with E-state index in [0.717, 1.165) is 12.0 Å². The standard InChI is InChI=1S/C16H24O5/c1-9-5-6-12(17)15(19)8-16(20-4)11(7-14(9,15)3)10(2)13(18)21-16/h9,12,17,19H,5-8H2,1-4H3. The van der Waals surface area contributed by atoms with Crippen molar-refractivity contribution < 1.29 is 24.5 Å². The minimum atomic E-state index is -1.31. The zero-order chi connectivity index (χ0) is 15.6. The van der Waals surface area contributed by atoms with Crippen molar-refractivity contribution in [1.82, 2.24) is 0 Å². The van der Waals surface area contributed by atoms with E-state index >= 15 is 0 Å². The van der Waals surface area contributed by atoms with Gasteiger partial charge in [0, 0.05) is 30.1 Å². The number of carbonyl (C=O) groups is 1. The molecule has 5 atom stereocenters. The Morgan fingerprint density at radius 3 is 2.67 bits per heavy atom. The highest BCUT2D eigenvalue weighted by molar-refractivity contribution is 5.92. The van der Waals surface area contributed by atoms with Crippen LogP contribution in [0.1, 0.15) is 46.5 Å². The van der Waals surface area contributed by atoms with Gasteiger partial charge in [0.05, 0.1) is 6.10 Å². The smallest absolute Gasteiger partial charge is 0.336 e. The van der Waals surface area contributed by atoms with Crippen LogP contribution in [0.2, 0.25) is 0 Å². The molecule has 2 N–H and O–H groups in total. The van der Waals surface area contributed by atoms with Gasteiger partial charge in [-0.15, -0.1) is 0 Å². The molecule has 21 heavy (non-hydrogen) atoms. The summed E-state index contributed by atoms with van der Waals surface area (Å²) in [5, 5.41) is 21.7. The SMILES string of the molecule is COC12CC3(O)C(O)CCC(C)C3(C)CC1=C(C)C(=O)O2. The number of esters is 1. The molecule has 5 heteroatoms. The first-order chi connectivity index (χ1) is 9.70. The van der Waals surface area contributed by atoms with Crippen LogP contribution in [0.4, 0.5) is 0 Å². The quantitative estimate of drug-likeness (QED) is 0.718. The van der Waals surface area contributed by atoms with E-state index in [0.29, 0.717) is 18.4 Å². The van der Waals surface area contributed by atoms with E-state index < -0.39 is 22.9 Å². The van der Waals surface area contributed by atoms with Gasteiger partial charge in [-0.1, -0.05) is 13.8 Å². The molecule has 0 aromatic carbocycles. The first kappa shape index (κ1) is 15.0. The Morgan fingerprint density at radius 2 is 2.05 bits per heavy atom. The summed E-state index contributed by atoms with van der Waals surface area (Å²) >= 11 is 0. The largest absolute Gasteiger partial charge is 0.425 e. The Morgan fingerprint density at radius 1 is 1.38 bits per heavy atom. The van der Waals surface area contributed by atoms with Gasteiger partial charge < -0.3 is 19.7 Å². The molecule has 5 nitrogen and oxygen atoms in total. The first-order valence-corrected chi connectivity index (χ1v) is 7.59. The minimum Gasteiger partial charge on any atom is -0.425 e. The molecule has 1 aliphatic heterocycles. The van der Waals surface area contributed by atoms with Gasteiger partial charge in [0.2, 0.25) is 5.79 Å². The molecular formula is C16H24O5. The van der Waals surface area contributed by atoms with Crippen molar-refractivity contribution in [2.75, 3.05) is 7.11 Å². The van der Waals surface area contributed by atoms with Crippen molar-refractivity contribution in [2.45, 2.75) is 63.9 Å². The number of fused-ring (bicyclic) bond motifs is 2. The molecule has 2 saturated carbocycles. The van der Waals surface area contributed by atoms with Crippen LogP contribution in [0.25, 0.3) is 0 Å². The maximum absolute atomic E-state index is 12.0. The maximum Gasteiger partial charge on any atom is 0.336 e. The third-order valence-electron chi connectivity index (χ3n) is 6.35. The molecule has 0 aromatic rings. The summed E-state index contributed by atoms with van der Waals surface area (Å²) in [5.74, 6) is -1.36. The van der Waals surface area contributed by atoms with Crippen LogP contribution in [0.5, 0.6) is 0 Å². The van der Waals surface area contributed by atoms with Gasteiger partial charge in [0.15, 0.2) is 0 Å². The van der Waals surface area contributed by atoms with E-state index in [1.807, 2.05) is 6.92 Å². The lowest BCUT2D eigenvalue weighted by atomic mass is 9.50. The molecule has 0 spiro atoms. The fourth-order valence-corrected chi connectivity index (χ4v) is 4.49. The van der Waals surface area contributed by atoms with Crippen LogP contribution < -0.4 is 0 Å². The fourth-order valence-electron chi connectivity index (χ4n) is 4.49. The lowest BCUT2D eigenvalue weighted by molar-refractivity contribution is -0.281. The zero-order valence-corrected chi connectivity index (χ0v) is 13.1. The van der Waals surface area contributed by atoms with E-state index in [9.17, 15) is 15.0 Å². The molecule has 2 aliphatic carbocycles.